The van der Waals surface area contributed by atoms with Gasteiger partial charge in [-0.25, -0.2) is 0 Å². The number of ether oxygens (including phenoxy) is 1. The van der Waals surface area contributed by atoms with Crippen molar-refractivity contribution in [3.63, 3.8) is 0 Å². The lowest BCUT2D eigenvalue weighted by Crippen LogP contribution is -1.95. The summed E-state index contributed by atoms with van der Waals surface area (Å²) in [7, 11) is 0. The van der Waals surface area contributed by atoms with Crippen LogP contribution in [0.25, 0.3) is 0 Å². The third kappa shape index (κ3) is 4.73. The predicted octanol–water partition coefficient (Wildman–Crippen LogP) is 3.94. The number of thiol groups is 1. The van der Waals surface area contributed by atoms with E-state index in [9.17, 15) is 0 Å². The van der Waals surface area contributed by atoms with Crippen molar-refractivity contribution in [3.8, 4) is 17.6 Å². The molecule has 2 heteroatoms. The summed E-state index contributed by atoms with van der Waals surface area (Å²) < 4.78 is 5.76. The molecule has 0 aliphatic heterocycles. The smallest absolute Gasteiger partial charge is 0.121 e. The van der Waals surface area contributed by atoms with Gasteiger partial charge in [0.25, 0.3) is 0 Å². The normalized spacial score (nSPS) is 9.53. The lowest BCUT2D eigenvalue weighted by Gasteiger charge is -2.06. The number of hydrogen-bond donors (Lipinski definition) is 1. The maximum Gasteiger partial charge on any atom is 0.121 e. The molecular weight excluding hydrogens is 252 g/mol. The SMILES string of the molecule is SCCC#Cc1cccc(OCc2ccccc2)c1. The van der Waals surface area contributed by atoms with E-state index in [0.717, 1.165) is 29.1 Å². The van der Waals surface area contributed by atoms with Crippen LogP contribution in [0, 0.1) is 11.8 Å². The first kappa shape index (κ1) is 13.6. The van der Waals surface area contributed by atoms with Crippen LogP contribution in [0.15, 0.2) is 54.6 Å². The fourth-order valence-corrected chi connectivity index (χ4v) is 1.74. The summed E-state index contributed by atoms with van der Waals surface area (Å²) in [5.74, 6) is 7.81. The zero-order valence-corrected chi connectivity index (χ0v) is 11.6. The second kappa shape index (κ2) is 7.56. The Bertz CT molecular complexity index is 567. The Labute approximate surface area is 120 Å². The van der Waals surface area contributed by atoms with Crippen molar-refractivity contribution >= 4 is 12.6 Å². The number of benzene rings is 2. The van der Waals surface area contributed by atoms with Gasteiger partial charge in [0.15, 0.2) is 0 Å². The van der Waals surface area contributed by atoms with Gasteiger partial charge >= 0.3 is 0 Å². The first-order valence-corrected chi connectivity index (χ1v) is 6.88. The zero-order chi connectivity index (χ0) is 13.3. The Morgan fingerprint density at radius 1 is 1.00 bits per heavy atom. The van der Waals surface area contributed by atoms with Gasteiger partial charge in [-0.2, -0.15) is 12.6 Å². The molecule has 0 aliphatic rings. The minimum atomic E-state index is 0.578. The van der Waals surface area contributed by atoms with Crippen molar-refractivity contribution in [1.29, 1.82) is 0 Å². The molecule has 0 saturated carbocycles. The Hall–Kier alpha value is -1.85. The Kier molecular flexibility index (Phi) is 5.40. The summed E-state index contributed by atoms with van der Waals surface area (Å²) in [6.45, 7) is 0.578. The van der Waals surface area contributed by atoms with Crippen molar-refractivity contribution in [2.75, 3.05) is 5.75 Å². The van der Waals surface area contributed by atoms with Crippen molar-refractivity contribution in [1.82, 2.24) is 0 Å². The summed E-state index contributed by atoms with van der Waals surface area (Å²) in [5.41, 5.74) is 2.14. The van der Waals surface area contributed by atoms with Gasteiger partial charge in [-0.15, -0.1) is 0 Å². The van der Waals surface area contributed by atoms with Gasteiger partial charge in [-0.1, -0.05) is 48.2 Å². The summed E-state index contributed by atoms with van der Waals surface area (Å²) in [6.07, 6.45) is 0.804. The van der Waals surface area contributed by atoms with E-state index in [0.29, 0.717) is 6.61 Å². The van der Waals surface area contributed by atoms with Gasteiger partial charge in [0.1, 0.15) is 12.4 Å². The molecule has 2 aromatic carbocycles. The van der Waals surface area contributed by atoms with Gasteiger partial charge in [0.05, 0.1) is 0 Å². The number of rotatable bonds is 4. The molecular formula is C17H16OS. The highest BCUT2D eigenvalue weighted by molar-refractivity contribution is 7.80. The maximum absolute atomic E-state index is 5.76. The fraction of sp³-hybridized carbons (Fsp3) is 0.176. The Morgan fingerprint density at radius 2 is 1.84 bits per heavy atom. The molecule has 0 unspecified atom stereocenters. The molecule has 96 valence electrons. The standard InChI is InChI=1S/C17H16OS/c19-12-5-4-7-15-10-6-11-17(13-15)18-14-16-8-2-1-3-9-16/h1-3,6,8-11,13,19H,5,12,14H2. The predicted molar refractivity (Wildman–Crippen MR) is 82.6 cm³/mol. The van der Waals surface area contributed by atoms with Gasteiger partial charge < -0.3 is 4.74 Å². The fourth-order valence-electron chi connectivity index (χ4n) is 1.63. The van der Waals surface area contributed by atoms with Crippen LogP contribution in [-0.4, -0.2) is 5.75 Å². The van der Waals surface area contributed by atoms with Crippen LogP contribution in [-0.2, 0) is 6.61 Å². The van der Waals surface area contributed by atoms with Crippen LogP contribution in [0.5, 0.6) is 5.75 Å². The maximum atomic E-state index is 5.76. The van der Waals surface area contributed by atoms with E-state index in [-0.39, 0.29) is 0 Å². The highest BCUT2D eigenvalue weighted by Crippen LogP contribution is 2.14. The minimum Gasteiger partial charge on any atom is -0.489 e. The molecule has 19 heavy (non-hydrogen) atoms. The van der Waals surface area contributed by atoms with E-state index in [1.807, 2.05) is 42.5 Å². The highest BCUT2D eigenvalue weighted by atomic mass is 32.1. The molecule has 0 saturated heterocycles. The van der Waals surface area contributed by atoms with E-state index in [1.54, 1.807) is 0 Å². The van der Waals surface area contributed by atoms with E-state index in [1.165, 1.54) is 0 Å². The van der Waals surface area contributed by atoms with Crippen LogP contribution < -0.4 is 4.74 Å². The third-order valence-electron chi connectivity index (χ3n) is 2.55. The molecule has 2 rings (SSSR count). The quantitative estimate of drug-likeness (QED) is 0.653. The largest absolute Gasteiger partial charge is 0.489 e. The molecule has 0 amide bonds. The first-order valence-electron chi connectivity index (χ1n) is 6.25. The average Bonchev–Trinajstić information content (AvgIpc) is 2.47. The monoisotopic (exact) mass is 268 g/mol. The molecule has 0 bridgehead atoms. The molecule has 1 nitrogen and oxygen atoms in total. The summed E-state index contributed by atoms with van der Waals surface area (Å²) in [6, 6.07) is 18.0. The lowest BCUT2D eigenvalue weighted by atomic mass is 10.2. The van der Waals surface area contributed by atoms with Crippen molar-refractivity contribution < 1.29 is 4.74 Å². The van der Waals surface area contributed by atoms with E-state index in [4.69, 9.17) is 4.74 Å². The van der Waals surface area contributed by atoms with Crippen LogP contribution in [0.3, 0.4) is 0 Å². The van der Waals surface area contributed by atoms with E-state index < -0.39 is 0 Å². The second-order valence-corrected chi connectivity index (χ2v) is 4.52. The topological polar surface area (TPSA) is 9.23 Å². The molecule has 2 aromatic rings. The molecule has 0 radical (unpaired) electrons. The van der Waals surface area contributed by atoms with Gasteiger partial charge in [0, 0.05) is 17.7 Å². The van der Waals surface area contributed by atoms with Crippen molar-refractivity contribution in [2.24, 2.45) is 0 Å². The van der Waals surface area contributed by atoms with E-state index in [2.05, 4.69) is 36.6 Å². The molecule has 0 spiro atoms. The minimum absolute atomic E-state index is 0.578. The zero-order valence-electron chi connectivity index (χ0n) is 10.7. The van der Waals surface area contributed by atoms with Crippen LogP contribution >= 0.6 is 12.6 Å². The lowest BCUT2D eigenvalue weighted by molar-refractivity contribution is 0.306. The first-order chi connectivity index (χ1) is 9.38. The molecule has 0 fully saturated rings. The number of hydrogen-bond acceptors (Lipinski definition) is 2. The highest BCUT2D eigenvalue weighted by Gasteiger charge is 1.96. The van der Waals surface area contributed by atoms with E-state index >= 15 is 0 Å². The average molecular weight is 268 g/mol. The summed E-state index contributed by atoms with van der Waals surface area (Å²) in [4.78, 5) is 0. The van der Waals surface area contributed by atoms with Crippen molar-refractivity contribution in [2.45, 2.75) is 13.0 Å². The molecule has 0 atom stereocenters. The Morgan fingerprint density at radius 3 is 2.63 bits per heavy atom. The molecule has 0 aromatic heterocycles. The van der Waals surface area contributed by atoms with Crippen LogP contribution in [0.2, 0.25) is 0 Å². The Balaban J connectivity index is 1.98. The summed E-state index contributed by atoms with van der Waals surface area (Å²) in [5, 5.41) is 0. The molecule has 0 aliphatic carbocycles. The van der Waals surface area contributed by atoms with Crippen molar-refractivity contribution in [3.05, 3.63) is 65.7 Å². The summed E-state index contributed by atoms with van der Waals surface area (Å²) >= 11 is 4.13. The van der Waals surface area contributed by atoms with Gasteiger partial charge in [0.2, 0.25) is 0 Å². The van der Waals surface area contributed by atoms with Crippen LogP contribution in [0.1, 0.15) is 17.5 Å². The van der Waals surface area contributed by atoms with Gasteiger partial charge in [-0.3, -0.25) is 0 Å². The van der Waals surface area contributed by atoms with Gasteiger partial charge in [-0.05, 0) is 23.8 Å². The second-order valence-electron chi connectivity index (χ2n) is 4.08. The molecule has 0 N–H and O–H groups in total. The van der Waals surface area contributed by atoms with Crippen LogP contribution in [0.4, 0.5) is 0 Å². The molecule has 0 heterocycles. The third-order valence-corrected chi connectivity index (χ3v) is 2.78.